The highest BCUT2D eigenvalue weighted by molar-refractivity contribution is 5.55. The Labute approximate surface area is 284 Å². The number of nitrogens with zero attached hydrogens (tertiary/aromatic N) is 1. The van der Waals surface area contributed by atoms with E-state index in [0.717, 1.165) is 33.4 Å². The molecule has 2 N–H and O–H groups in total. The molecule has 4 rings (SSSR count). The predicted octanol–water partition coefficient (Wildman–Crippen LogP) is 9.99. The van der Waals surface area contributed by atoms with E-state index in [4.69, 9.17) is 4.74 Å². The summed E-state index contributed by atoms with van der Waals surface area (Å²) in [6, 6.07) is 29.7. The van der Waals surface area contributed by atoms with E-state index in [1.165, 1.54) is 11.1 Å². The van der Waals surface area contributed by atoms with Gasteiger partial charge in [0.05, 0.1) is 6.61 Å². The number of hydrogen-bond donors (Lipinski definition) is 2. The molecule has 0 amide bonds. The van der Waals surface area contributed by atoms with Crippen LogP contribution in [0.25, 0.3) is 0 Å². The van der Waals surface area contributed by atoms with Gasteiger partial charge in [-0.15, -0.1) is 0 Å². The zero-order valence-electron chi connectivity index (χ0n) is 30.7. The lowest BCUT2D eigenvalue weighted by molar-refractivity contribution is 0.138. The quantitative estimate of drug-likeness (QED) is 0.172. The van der Waals surface area contributed by atoms with Crippen molar-refractivity contribution < 1.29 is 14.9 Å². The first kappa shape index (κ1) is 36.2. The SMILES string of the molecule is COCCN(Cc1cc(C(C)(C)C)cc(C(C)(C)C)c1O)Cc1cc(C(C)(C)c2ccccc2)cc(C(C)(C)c2ccccc2)c1O. The Morgan fingerprint density at radius 1 is 0.532 bits per heavy atom. The van der Waals surface area contributed by atoms with Crippen molar-refractivity contribution in [2.75, 3.05) is 20.3 Å². The van der Waals surface area contributed by atoms with Gasteiger partial charge < -0.3 is 14.9 Å². The average Bonchev–Trinajstić information content (AvgIpc) is 3.01. The van der Waals surface area contributed by atoms with Crippen LogP contribution in [0.4, 0.5) is 0 Å². The van der Waals surface area contributed by atoms with E-state index in [-0.39, 0.29) is 16.2 Å². The summed E-state index contributed by atoms with van der Waals surface area (Å²) in [5, 5.41) is 23.8. The van der Waals surface area contributed by atoms with Gasteiger partial charge in [0.1, 0.15) is 11.5 Å². The summed E-state index contributed by atoms with van der Waals surface area (Å²) < 4.78 is 5.57. The third kappa shape index (κ3) is 8.11. The third-order valence-corrected chi connectivity index (χ3v) is 9.84. The lowest BCUT2D eigenvalue weighted by Crippen LogP contribution is -2.29. The molecule has 0 spiro atoms. The van der Waals surface area contributed by atoms with E-state index < -0.39 is 5.41 Å². The highest BCUT2D eigenvalue weighted by Crippen LogP contribution is 2.44. The fourth-order valence-corrected chi connectivity index (χ4v) is 6.42. The minimum atomic E-state index is -0.443. The number of phenolic OH excluding ortho intramolecular Hbond substituents is 2. The normalized spacial score (nSPS) is 12.9. The van der Waals surface area contributed by atoms with Crippen molar-refractivity contribution in [2.45, 2.75) is 104 Å². The van der Waals surface area contributed by atoms with Crippen molar-refractivity contribution >= 4 is 0 Å². The topological polar surface area (TPSA) is 52.9 Å². The third-order valence-electron chi connectivity index (χ3n) is 9.84. The summed E-state index contributed by atoms with van der Waals surface area (Å²) >= 11 is 0. The fraction of sp³-hybridized carbons (Fsp3) is 0.442. The molecule has 252 valence electrons. The highest BCUT2D eigenvalue weighted by atomic mass is 16.5. The second kappa shape index (κ2) is 13.9. The molecule has 0 aliphatic rings. The van der Waals surface area contributed by atoms with Gasteiger partial charge in [-0.25, -0.2) is 0 Å². The summed E-state index contributed by atoms with van der Waals surface area (Å²) in [6.45, 7) is 24.2. The molecule has 0 saturated heterocycles. The molecule has 0 radical (unpaired) electrons. The molecule has 4 aromatic carbocycles. The highest BCUT2D eigenvalue weighted by Gasteiger charge is 2.33. The zero-order valence-corrected chi connectivity index (χ0v) is 30.7. The molecule has 4 aromatic rings. The van der Waals surface area contributed by atoms with E-state index in [0.29, 0.717) is 37.7 Å². The Hall–Kier alpha value is -3.60. The minimum Gasteiger partial charge on any atom is -0.507 e. The Bertz CT molecular complexity index is 1640. The van der Waals surface area contributed by atoms with E-state index in [2.05, 4.69) is 153 Å². The van der Waals surface area contributed by atoms with Crippen molar-refractivity contribution in [3.63, 3.8) is 0 Å². The van der Waals surface area contributed by atoms with E-state index >= 15 is 0 Å². The van der Waals surface area contributed by atoms with Gasteiger partial charge in [0, 0.05) is 54.3 Å². The van der Waals surface area contributed by atoms with Crippen LogP contribution in [-0.4, -0.2) is 35.4 Å². The number of phenols is 2. The maximum absolute atomic E-state index is 12.1. The first-order chi connectivity index (χ1) is 21.9. The molecule has 0 bridgehead atoms. The molecule has 0 fully saturated rings. The van der Waals surface area contributed by atoms with E-state index in [9.17, 15) is 10.2 Å². The standard InChI is InChI=1S/C43H57NO3/c1-40(2,3)34-24-30(38(45)36(26-34)41(4,5)6)28-44(22-23-47-11)29-31-25-35(42(7,8)32-18-14-12-15-19-32)27-37(39(31)46)43(9,10)33-20-16-13-17-21-33/h12-21,24-27,45-46H,22-23,28-29H2,1-11H3. The van der Waals surface area contributed by atoms with Crippen molar-refractivity contribution in [1.82, 2.24) is 4.90 Å². The number of hydrogen-bond acceptors (Lipinski definition) is 4. The van der Waals surface area contributed by atoms with E-state index in [1.54, 1.807) is 7.11 Å². The number of rotatable bonds is 11. The van der Waals surface area contributed by atoms with E-state index in [1.807, 2.05) is 6.07 Å². The predicted molar refractivity (Wildman–Crippen MR) is 197 cm³/mol. The van der Waals surface area contributed by atoms with Gasteiger partial charge in [0.15, 0.2) is 0 Å². The van der Waals surface area contributed by atoms with Crippen molar-refractivity contribution in [2.24, 2.45) is 0 Å². The molecule has 0 aliphatic carbocycles. The van der Waals surface area contributed by atoms with Gasteiger partial charge in [-0.2, -0.15) is 0 Å². The first-order valence-corrected chi connectivity index (χ1v) is 16.9. The maximum atomic E-state index is 12.1. The van der Waals surface area contributed by atoms with Crippen LogP contribution in [0.3, 0.4) is 0 Å². The molecule has 47 heavy (non-hydrogen) atoms. The lowest BCUT2D eigenvalue weighted by atomic mass is 9.72. The molecule has 0 atom stereocenters. The van der Waals surface area contributed by atoms with Gasteiger partial charge in [0.2, 0.25) is 0 Å². The van der Waals surface area contributed by atoms with Gasteiger partial charge in [-0.3, -0.25) is 4.90 Å². The summed E-state index contributed by atoms with van der Waals surface area (Å²) in [4.78, 5) is 2.28. The summed E-state index contributed by atoms with van der Waals surface area (Å²) in [6.07, 6.45) is 0. The second-order valence-corrected chi connectivity index (χ2v) is 16.2. The monoisotopic (exact) mass is 635 g/mol. The number of aromatic hydroxyl groups is 2. The molecular weight excluding hydrogens is 578 g/mol. The lowest BCUT2D eigenvalue weighted by Gasteiger charge is -2.34. The van der Waals surface area contributed by atoms with Gasteiger partial charge in [-0.05, 0) is 44.7 Å². The molecule has 4 heteroatoms. The number of ether oxygens (including phenoxy) is 1. The Morgan fingerprint density at radius 2 is 0.979 bits per heavy atom. The number of methoxy groups -OCH3 is 1. The zero-order chi connectivity index (χ0) is 34.8. The Morgan fingerprint density at radius 3 is 1.45 bits per heavy atom. The van der Waals surface area contributed by atoms with Crippen LogP contribution in [0.1, 0.15) is 114 Å². The maximum Gasteiger partial charge on any atom is 0.124 e. The first-order valence-electron chi connectivity index (χ1n) is 16.9. The second-order valence-electron chi connectivity index (χ2n) is 16.2. The number of benzene rings is 4. The fourth-order valence-electron chi connectivity index (χ4n) is 6.42. The van der Waals surface area contributed by atoms with Gasteiger partial charge in [-0.1, -0.05) is 148 Å². The van der Waals surface area contributed by atoms with Crippen LogP contribution >= 0.6 is 0 Å². The Kier molecular flexibility index (Phi) is 10.7. The van der Waals surface area contributed by atoms with Gasteiger partial charge in [0.25, 0.3) is 0 Å². The molecule has 4 nitrogen and oxygen atoms in total. The van der Waals surface area contributed by atoms with Crippen LogP contribution < -0.4 is 0 Å². The molecule has 0 unspecified atom stereocenters. The Balaban J connectivity index is 1.88. The molecule has 0 heterocycles. The van der Waals surface area contributed by atoms with Crippen molar-refractivity contribution in [3.8, 4) is 11.5 Å². The average molecular weight is 636 g/mol. The smallest absolute Gasteiger partial charge is 0.124 e. The van der Waals surface area contributed by atoms with Crippen LogP contribution in [0, 0.1) is 0 Å². The molecule has 0 saturated carbocycles. The van der Waals surface area contributed by atoms with Crippen molar-refractivity contribution in [1.29, 1.82) is 0 Å². The summed E-state index contributed by atoms with van der Waals surface area (Å²) in [5.41, 5.74) is 7.28. The molecule has 0 aliphatic heterocycles. The van der Waals surface area contributed by atoms with Crippen LogP contribution in [0.5, 0.6) is 11.5 Å². The van der Waals surface area contributed by atoms with Crippen molar-refractivity contribution in [3.05, 3.63) is 129 Å². The van der Waals surface area contributed by atoms with Crippen LogP contribution in [0.15, 0.2) is 84.9 Å². The van der Waals surface area contributed by atoms with Crippen LogP contribution in [0.2, 0.25) is 0 Å². The molecular formula is C43H57NO3. The van der Waals surface area contributed by atoms with Gasteiger partial charge >= 0.3 is 0 Å². The van der Waals surface area contributed by atoms with Crippen LogP contribution in [-0.2, 0) is 39.5 Å². The summed E-state index contributed by atoms with van der Waals surface area (Å²) in [5.74, 6) is 0.666. The summed E-state index contributed by atoms with van der Waals surface area (Å²) in [7, 11) is 1.72. The molecule has 0 aromatic heterocycles. The largest absolute Gasteiger partial charge is 0.507 e. The minimum absolute atomic E-state index is 0.0760.